The maximum absolute atomic E-state index is 11.1. The van der Waals surface area contributed by atoms with Crippen LogP contribution in [0.25, 0.3) is 0 Å². The highest BCUT2D eigenvalue weighted by Crippen LogP contribution is 2.43. The van der Waals surface area contributed by atoms with Crippen molar-refractivity contribution in [3.05, 3.63) is 69.8 Å². The summed E-state index contributed by atoms with van der Waals surface area (Å²) in [6, 6.07) is 16.6. The SMILES string of the molecule is N#Cc1ccc([N+](=O)[O-])c(NC2CC2c2ccccc2)c1. The Labute approximate surface area is 122 Å². The maximum atomic E-state index is 11.1. The van der Waals surface area contributed by atoms with Crippen molar-refractivity contribution in [3.63, 3.8) is 0 Å². The Kier molecular flexibility index (Phi) is 3.28. The molecule has 2 aromatic rings. The number of hydrogen-bond acceptors (Lipinski definition) is 4. The van der Waals surface area contributed by atoms with E-state index in [-0.39, 0.29) is 11.7 Å². The first-order valence-corrected chi connectivity index (χ1v) is 6.69. The molecule has 1 saturated carbocycles. The van der Waals surface area contributed by atoms with E-state index in [4.69, 9.17) is 5.26 Å². The minimum absolute atomic E-state index is 0.00714. The van der Waals surface area contributed by atoms with Gasteiger partial charge in [0.05, 0.1) is 16.6 Å². The molecule has 3 rings (SSSR count). The average molecular weight is 279 g/mol. The lowest BCUT2D eigenvalue weighted by Crippen LogP contribution is -2.06. The lowest BCUT2D eigenvalue weighted by molar-refractivity contribution is -0.384. The highest BCUT2D eigenvalue weighted by atomic mass is 16.6. The summed E-state index contributed by atoms with van der Waals surface area (Å²) in [5.41, 5.74) is 2.07. The molecule has 5 heteroatoms. The van der Waals surface area contributed by atoms with Crippen LogP contribution in [0.4, 0.5) is 11.4 Å². The summed E-state index contributed by atoms with van der Waals surface area (Å²) in [6.07, 6.45) is 0.942. The highest BCUT2D eigenvalue weighted by molar-refractivity contribution is 5.65. The molecule has 1 aliphatic rings. The molecule has 0 aliphatic heterocycles. The Morgan fingerprint density at radius 3 is 2.67 bits per heavy atom. The van der Waals surface area contributed by atoms with Crippen LogP contribution in [0.3, 0.4) is 0 Å². The Balaban J connectivity index is 1.80. The minimum atomic E-state index is -0.427. The zero-order valence-electron chi connectivity index (χ0n) is 11.2. The van der Waals surface area contributed by atoms with Crippen molar-refractivity contribution in [2.75, 3.05) is 5.32 Å². The van der Waals surface area contributed by atoms with Crippen LogP contribution in [-0.4, -0.2) is 11.0 Å². The Hall–Kier alpha value is -2.87. The van der Waals surface area contributed by atoms with Crippen molar-refractivity contribution in [3.8, 4) is 6.07 Å². The standard InChI is InChI=1S/C16H13N3O2/c17-10-11-6-7-16(19(20)21)15(8-11)18-14-9-13(14)12-4-2-1-3-5-12/h1-8,13-14,18H,9H2. The van der Waals surface area contributed by atoms with Gasteiger partial charge < -0.3 is 5.32 Å². The predicted octanol–water partition coefficient (Wildman–Crippen LogP) is 3.43. The van der Waals surface area contributed by atoms with Crippen LogP contribution in [0, 0.1) is 21.4 Å². The van der Waals surface area contributed by atoms with Crippen LogP contribution in [-0.2, 0) is 0 Å². The van der Waals surface area contributed by atoms with Crippen LogP contribution >= 0.6 is 0 Å². The van der Waals surface area contributed by atoms with Crippen LogP contribution in [0.1, 0.15) is 23.5 Å². The summed E-state index contributed by atoms with van der Waals surface area (Å²) in [6.45, 7) is 0. The van der Waals surface area contributed by atoms with E-state index >= 15 is 0 Å². The van der Waals surface area contributed by atoms with Crippen molar-refractivity contribution in [1.29, 1.82) is 5.26 Å². The van der Waals surface area contributed by atoms with E-state index in [9.17, 15) is 10.1 Å². The molecule has 0 spiro atoms. The van der Waals surface area contributed by atoms with Gasteiger partial charge in [-0.25, -0.2) is 0 Å². The molecule has 0 bridgehead atoms. The minimum Gasteiger partial charge on any atom is -0.376 e. The number of nitrogens with one attached hydrogen (secondary N) is 1. The first kappa shape index (κ1) is 13.1. The van der Waals surface area contributed by atoms with Crippen LogP contribution < -0.4 is 5.32 Å². The summed E-state index contributed by atoms with van der Waals surface area (Å²) in [7, 11) is 0. The molecule has 2 aromatic carbocycles. The van der Waals surface area contributed by atoms with E-state index in [1.54, 1.807) is 6.07 Å². The van der Waals surface area contributed by atoms with Crippen LogP contribution in [0.5, 0.6) is 0 Å². The quantitative estimate of drug-likeness (QED) is 0.686. The van der Waals surface area contributed by atoms with Crippen molar-refractivity contribution < 1.29 is 4.92 Å². The lowest BCUT2D eigenvalue weighted by atomic mass is 10.1. The van der Waals surface area contributed by atoms with Crippen LogP contribution in [0.15, 0.2) is 48.5 Å². The monoisotopic (exact) mass is 279 g/mol. The molecular formula is C16H13N3O2. The molecule has 0 amide bonds. The fraction of sp³-hybridized carbons (Fsp3) is 0.188. The zero-order valence-corrected chi connectivity index (χ0v) is 11.2. The largest absolute Gasteiger partial charge is 0.376 e. The molecule has 1 N–H and O–H groups in total. The number of benzene rings is 2. The first-order valence-electron chi connectivity index (χ1n) is 6.69. The molecule has 0 heterocycles. The summed E-state index contributed by atoms with van der Waals surface area (Å²) < 4.78 is 0. The molecular weight excluding hydrogens is 266 g/mol. The van der Waals surface area contributed by atoms with Gasteiger partial charge in [-0.2, -0.15) is 5.26 Å². The third-order valence-corrected chi connectivity index (χ3v) is 3.68. The summed E-state index contributed by atoms with van der Waals surface area (Å²) in [4.78, 5) is 10.6. The summed E-state index contributed by atoms with van der Waals surface area (Å²) in [5, 5.41) is 23.2. The van der Waals surface area contributed by atoms with E-state index < -0.39 is 4.92 Å². The second kappa shape index (κ2) is 5.25. The second-order valence-electron chi connectivity index (χ2n) is 5.10. The Morgan fingerprint density at radius 2 is 2.00 bits per heavy atom. The molecule has 0 aromatic heterocycles. The van der Waals surface area contributed by atoms with Crippen molar-refractivity contribution in [1.82, 2.24) is 0 Å². The maximum Gasteiger partial charge on any atom is 0.292 e. The molecule has 1 aliphatic carbocycles. The predicted molar refractivity (Wildman–Crippen MR) is 79.0 cm³/mol. The van der Waals surface area contributed by atoms with Crippen molar-refractivity contribution >= 4 is 11.4 Å². The topological polar surface area (TPSA) is 79.0 Å². The third kappa shape index (κ3) is 2.70. The average Bonchev–Trinajstić information content (AvgIpc) is 3.27. The lowest BCUT2D eigenvalue weighted by Gasteiger charge is -2.07. The van der Waals surface area contributed by atoms with E-state index in [1.807, 2.05) is 24.3 Å². The molecule has 0 saturated heterocycles. The molecule has 0 radical (unpaired) electrons. The van der Waals surface area contributed by atoms with Gasteiger partial charge in [-0.3, -0.25) is 10.1 Å². The first-order chi connectivity index (χ1) is 10.2. The van der Waals surface area contributed by atoms with Gasteiger partial charge >= 0.3 is 0 Å². The number of nitro groups is 1. The van der Waals surface area contributed by atoms with Crippen LogP contribution in [0.2, 0.25) is 0 Å². The fourth-order valence-electron chi connectivity index (χ4n) is 2.50. The van der Waals surface area contributed by atoms with Gasteiger partial charge in [-0.1, -0.05) is 30.3 Å². The van der Waals surface area contributed by atoms with Gasteiger partial charge in [-0.05, 0) is 24.1 Å². The number of rotatable bonds is 4. The Bertz CT molecular complexity index is 722. The van der Waals surface area contributed by atoms with E-state index in [2.05, 4.69) is 17.4 Å². The van der Waals surface area contributed by atoms with Gasteiger partial charge in [0.1, 0.15) is 5.69 Å². The number of anilines is 1. The highest BCUT2D eigenvalue weighted by Gasteiger charge is 2.39. The van der Waals surface area contributed by atoms with Crippen molar-refractivity contribution in [2.24, 2.45) is 0 Å². The number of hydrogen-bond donors (Lipinski definition) is 1. The van der Waals surface area contributed by atoms with E-state index in [0.717, 1.165) is 6.42 Å². The fourth-order valence-corrected chi connectivity index (χ4v) is 2.50. The number of nitriles is 1. The molecule has 104 valence electrons. The van der Waals surface area contributed by atoms with Gasteiger partial charge in [0.15, 0.2) is 0 Å². The van der Waals surface area contributed by atoms with E-state index in [1.165, 1.54) is 17.7 Å². The normalized spacial score (nSPS) is 19.6. The molecule has 2 unspecified atom stereocenters. The van der Waals surface area contributed by atoms with E-state index in [0.29, 0.717) is 17.2 Å². The van der Waals surface area contributed by atoms with Gasteiger partial charge in [-0.15, -0.1) is 0 Å². The zero-order chi connectivity index (χ0) is 14.8. The van der Waals surface area contributed by atoms with Crippen molar-refractivity contribution in [2.45, 2.75) is 18.4 Å². The molecule has 1 fully saturated rings. The Morgan fingerprint density at radius 1 is 1.24 bits per heavy atom. The molecule has 5 nitrogen and oxygen atoms in total. The number of nitrogens with zero attached hydrogens (tertiary/aromatic N) is 2. The summed E-state index contributed by atoms with van der Waals surface area (Å²) in [5.74, 6) is 0.372. The second-order valence-corrected chi connectivity index (χ2v) is 5.10. The summed E-state index contributed by atoms with van der Waals surface area (Å²) >= 11 is 0. The third-order valence-electron chi connectivity index (χ3n) is 3.68. The molecule has 21 heavy (non-hydrogen) atoms. The van der Waals surface area contributed by atoms with Gasteiger partial charge in [0, 0.05) is 18.0 Å². The van der Waals surface area contributed by atoms with Gasteiger partial charge in [0.2, 0.25) is 0 Å². The molecule has 2 atom stereocenters. The van der Waals surface area contributed by atoms with Gasteiger partial charge in [0.25, 0.3) is 5.69 Å². The smallest absolute Gasteiger partial charge is 0.292 e. The number of nitro benzene ring substituents is 1.